The van der Waals surface area contributed by atoms with Gasteiger partial charge in [-0.25, -0.2) is 15.0 Å². The van der Waals surface area contributed by atoms with Crippen LogP contribution < -0.4 is 15.5 Å². The number of H-pyrrole nitrogens is 1. The van der Waals surface area contributed by atoms with E-state index >= 15 is 0 Å². The lowest BCUT2D eigenvalue weighted by Gasteiger charge is -2.35. The van der Waals surface area contributed by atoms with Gasteiger partial charge in [-0.1, -0.05) is 63.6 Å². The minimum Gasteiger partial charge on any atom is -0.507 e. The van der Waals surface area contributed by atoms with Crippen molar-refractivity contribution >= 4 is 46.0 Å². The number of aromatic hydroxyl groups is 1. The van der Waals surface area contributed by atoms with Crippen molar-refractivity contribution in [3.63, 3.8) is 0 Å². The van der Waals surface area contributed by atoms with Crippen LogP contribution in [0.15, 0.2) is 78.7 Å². The second kappa shape index (κ2) is 21.3. The summed E-state index contributed by atoms with van der Waals surface area (Å²) in [6.07, 6.45) is 9.74. The van der Waals surface area contributed by atoms with Crippen LogP contribution in [0, 0.1) is 12.3 Å². The van der Waals surface area contributed by atoms with E-state index < -0.39 is 23.6 Å². The fourth-order valence-electron chi connectivity index (χ4n) is 9.33. The Morgan fingerprint density at radius 1 is 0.971 bits per heavy atom. The van der Waals surface area contributed by atoms with Crippen molar-refractivity contribution in [2.45, 2.75) is 110 Å². The van der Waals surface area contributed by atoms with Crippen LogP contribution in [0.3, 0.4) is 0 Å². The second-order valence-corrected chi connectivity index (χ2v) is 20.3. The van der Waals surface area contributed by atoms with E-state index in [9.17, 15) is 24.6 Å². The van der Waals surface area contributed by atoms with E-state index in [0.29, 0.717) is 30.1 Å². The van der Waals surface area contributed by atoms with Crippen LogP contribution in [0.1, 0.15) is 94.0 Å². The number of β-amino-alcohol motifs (C(OH)–C–C–N with tert-alkyl or cyclic N) is 1. The third-order valence-corrected chi connectivity index (χ3v) is 14.1. The number of phenols is 1. The summed E-state index contributed by atoms with van der Waals surface area (Å²) in [5, 5.41) is 36.7. The lowest BCUT2D eigenvalue weighted by Crippen LogP contribution is -2.57. The molecule has 17 heteroatoms. The Kier molecular flexibility index (Phi) is 15.1. The molecule has 2 fully saturated rings. The van der Waals surface area contributed by atoms with E-state index in [1.54, 1.807) is 23.5 Å². The summed E-state index contributed by atoms with van der Waals surface area (Å²) in [5.74, 6) is 0.348. The lowest BCUT2D eigenvalue weighted by atomic mass is 9.85. The van der Waals surface area contributed by atoms with Crippen molar-refractivity contribution in [1.29, 1.82) is 0 Å². The Morgan fingerprint density at radius 3 is 2.43 bits per heavy atom. The Hall–Kier alpha value is -6.30. The number of para-hydroxylation sites is 1. The number of aliphatic hydroxyl groups excluding tert-OH is 1. The number of aromatic amines is 1. The van der Waals surface area contributed by atoms with Crippen molar-refractivity contribution in [2.75, 3.05) is 38.1 Å². The van der Waals surface area contributed by atoms with Gasteiger partial charge in [0.25, 0.3) is 0 Å². The first-order valence-electron chi connectivity index (χ1n) is 23.6. The van der Waals surface area contributed by atoms with Gasteiger partial charge in [-0.05, 0) is 92.4 Å². The molecule has 8 rings (SSSR count). The molecule has 68 heavy (non-hydrogen) atoms. The SMILES string of the molecule is Cc1ncsc1-c1ccc(CNC(=O)[C@@H]2C[C@@H](O)CN2C(=O)C(NC(=O)CCCCCN(C)Cc2cnc(N3CCC(c4c[nH]c5nnc(-c6ccccc6O)cc45)CC3)nc2)C(C)(C)C)cc1. The Balaban J connectivity index is 0.747. The molecule has 0 bridgehead atoms. The van der Waals surface area contributed by atoms with E-state index in [1.807, 2.05) is 94.3 Å². The van der Waals surface area contributed by atoms with Gasteiger partial charge >= 0.3 is 0 Å². The maximum atomic E-state index is 14.1. The molecule has 1 unspecified atom stereocenters. The zero-order chi connectivity index (χ0) is 48.0. The highest BCUT2D eigenvalue weighted by molar-refractivity contribution is 7.13. The van der Waals surface area contributed by atoms with Gasteiger partial charge in [0.1, 0.15) is 17.8 Å². The fourth-order valence-corrected chi connectivity index (χ4v) is 10.1. The van der Waals surface area contributed by atoms with E-state index in [0.717, 1.165) is 89.6 Å². The van der Waals surface area contributed by atoms with E-state index in [2.05, 4.69) is 47.6 Å². The van der Waals surface area contributed by atoms with Gasteiger partial charge in [-0.3, -0.25) is 14.4 Å². The summed E-state index contributed by atoms with van der Waals surface area (Å²) in [5.41, 5.74) is 8.44. The minimum absolute atomic E-state index is 0.0284. The summed E-state index contributed by atoms with van der Waals surface area (Å²) >= 11 is 1.58. The normalized spacial score (nSPS) is 17.2. The van der Waals surface area contributed by atoms with Crippen molar-refractivity contribution in [3.05, 3.63) is 101 Å². The quantitative estimate of drug-likeness (QED) is 0.0604. The molecule has 0 aliphatic carbocycles. The van der Waals surface area contributed by atoms with Crippen LogP contribution in [0.25, 0.3) is 32.7 Å². The van der Waals surface area contributed by atoms with Crippen molar-refractivity contribution in [3.8, 4) is 27.4 Å². The summed E-state index contributed by atoms with van der Waals surface area (Å²) in [6.45, 7) is 11.2. The van der Waals surface area contributed by atoms with Crippen LogP contribution in [0.2, 0.25) is 0 Å². The first-order chi connectivity index (χ1) is 32.7. The molecule has 16 nitrogen and oxygen atoms in total. The largest absolute Gasteiger partial charge is 0.507 e. The van der Waals surface area contributed by atoms with Crippen molar-refractivity contribution in [1.82, 2.24) is 50.6 Å². The number of amides is 3. The number of thiazole rings is 1. The number of nitrogens with zero attached hydrogens (tertiary/aromatic N) is 8. The molecule has 0 saturated carbocycles. The highest BCUT2D eigenvalue weighted by atomic mass is 32.1. The van der Waals surface area contributed by atoms with Gasteiger partial charge in [-0.2, -0.15) is 0 Å². The second-order valence-electron chi connectivity index (χ2n) is 19.4. The van der Waals surface area contributed by atoms with E-state index in [-0.39, 0.29) is 49.4 Å². The maximum Gasteiger partial charge on any atom is 0.246 e. The van der Waals surface area contributed by atoms with Gasteiger partial charge in [0, 0.05) is 80.7 Å². The molecule has 358 valence electrons. The predicted octanol–water partition coefficient (Wildman–Crippen LogP) is 6.74. The zero-order valence-corrected chi connectivity index (χ0v) is 40.4. The number of anilines is 1. The zero-order valence-electron chi connectivity index (χ0n) is 39.6. The molecule has 6 aromatic rings. The molecule has 6 heterocycles. The Bertz CT molecular complexity index is 2670. The highest BCUT2D eigenvalue weighted by Crippen LogP contribution is 2.36. The van der Waals surface area contributed by atoms with Crippen molar-refractivity contribution in [2.24, 2.45) is 5.41 Å². The molecule has 5 N–H and O–H groups in total. The molecule has 2 saturated heterocycles. The van der Waals surface area contributed by atoms with Gasteiger partial charge < -0.3 is 40.5 Å². The Labute approximate surface area is 401 Å². The van der Waals surface area contributed by atoms with Crippen molar-refractivity contribution < 1.29 is 24.6 Å². The highest BCUT2D eigenvalue weighted by Gasteiger charge is 2.44. The number of benzene rings is 2. The summed E-state index contributed by atoms with van der Waals surface area (Å²) in [7, 11) is 2.07. The number of rotatable bonds is 17. The standard InChI is InChI=1S/C51H63N11O5S/c1-32-45(68-31-56-32)36-16-14-33(15-17-36)25-53-48(66)42-23-37(63)30-62(42)49(67)46(51(2,3)4)57-44(65)13-7-6-10-20-60(5)29-34-26-54-50(55-27-34)61-21-18-35(19-22-61)40-28-52-47-39(40)24-41(58-59-47)38-11-8-9-12-43(38)64/h8-9,11-12,14-17,24,26-28,31,35,37,42,46,63-64H,6-7,10,13,18-23,25,29-30H2,1-5H3,(H,52,59)(H,53,66)(H,57,65)/t37-,42+,46?/m1/s1. The molecule has 3 atom stereocenters. The number of carbonyl (C=O) groups is 3. The number of aromatic nitrogens is 6. The van der Waals surface area contributed by atoms with Crippen LogP contribution in [0.5, 0.6) is 5.75 Å². The predicted molar refractivity (Wildman–Crippen MR) is 264 cm³/mol. The van der Waals surface area contributed by atoms with Crippen LogP contribution in [-0.2, 0) is 27.5 Å². The molecule has 2 aliphatic rings. The third-order valence-electron chi connectivity index (χ3n) is 13.2. The van der Waals surface area contributed by atoms with Crippen LogP contribution in [0.4, 0.5) is 5.95 Å². The third kappa shape index (κ3) is 11.5. The number of piperidine rings is 1. The lowest BCUT2D eigenvalue weighted by molar-refractivity contribution is -0.144. The molecule has 4 aromatic heterocycles. The fraction of sp³-hybridized carbons (Fsp3) is 0.451. The van der Waals surface area contributed by atoms with Gasteiger partial charge in [0.05, 0.1) is 27.9 Å². The number of likely N-dealkylation sites (tertiary alicyclic amines) is 1. The van der Waals surface area contributed by atoms with Crippen LogP contribution >= 0.6 is 11.3 Å². The number of aryl methyl sites for hydroxylation is 1. The molecule has 2 aromatic carbocycles. The average molecular weight is 942 g/mol. The van der Waals surface area contributed by atoms with E-state index in [1.165, 1.54) is 10.5 Å². The monoisotopic (exact) mass is 941 g/mol. The topological polar surface area (TPSA) is 206 Å². The average Bonchev–Trinajstić information content (AvgIpc) is 4.08. The number of carbonyl (C=O) groups excluding carboxylic acids is 3. The molecule has 2 aliphatic heterocycles. The maximum absolute atomic E-state index is 14.1. The number of unbranched alkanes of at least 4 members (excludes halogenated alkanes) is 2. The number of hydrogen-bond acceptors (Lipinski definition) is 13. The molecule has 0 spiro atoms. The minimum atomic E-state index is -0.863. The molecular formula is C51H63N11O5S. The number of hydrogen-bond donors (Lipinski definition) is 5. The summed E-state index contributed by atoms with van der Waals surface area (Å²) < 4.78 is 0. The number of phenolic OH excluding ortho intramolecular Hbond substituents is 1. The smallest absolute Gasteiger partial charge is 0.246 e. The summed E-state index contributed by atoms with van der Waals surface area (Å²) in [6, 6.07) is 15.4. The molecule has 3 amide bonds. The van der Waals surface area contributed by atoms with Gasteiger partial charge in [0.2, 0.25) is 23.7 Å². The van der Waals surface area contributed by atoms with Gasteiger partial charge in [0.15, 0.2) is 5.65 Å². The summed E-state index contributed by atoms with van der Waals surface area (Å²) in [4.78, 5) is 64.9. The Morgan fingerprint density at radius 2 is 1.72 bits per heavy atom. The van der Waals surface area contributed by atoms with Gasteiger partial charge in [-0.15, -0.1) is 21.5 Å². The van der Waals surface area contributed by atoms with E-state index in [4.69, 9.17) is 9.97 Å². The number of fused-ring (bicyclic) bond motifs is 1. The first-order valence-corrected chi connectivity index (χ1v) is 24.5. The van der Waals surface area contributed by atoms with Crippen LogP contribution in [-0.4, -0.2) is 119 Å². The number of nitrogens with one attached hydrogen (secondary N) is 3. The first kappa shape index (κ1) is 48.2. The number of aliphatic hydroxyl groups is 1. The molecular weight excluding hydrogens is 879 g/mol. The molecule has 0 radical (unpaired) electrons.